The van der Waals surface area contributed by atoms with Gasteiger partial charge in [-0.3, -0.25) is 0 Å². The van der Waals surface area contributed by atoms with Gasteiger partial charge in [-0.1, -0.05) is 122 Å². The summed E-state index contributed by atoms with van der Waals surface area (Å²) in [5.74, 6) is 0. The number of rotatable bonds is 5. The molecular weight excluding hydrogens is 510 g/mol. The van der Waals surface area contributed by atoms with Crippen molar-refractivity contribution in [3.8, 4) is 22.3 Å². The van der Waals surface area contributed by atoms with Gasteiger partial charge in [0.2, 0.25) is 0 Å². The Balaban J connectivity index is 0.000000179. The molecule has 1 N–H and O–H groups in total. The van der Waals surface area contributed by atoms with Crippen LogP contribution < -0.4 is 5.32 Å². The Morgan fingerprint density at radius 1 is 0.524 bits per heavy atom. The average Bonchev–Trinajstić information content (AvgIpc) is 3.42. The molecule has 0 spiro atoms. The first-order valence-electron chi connectivity index (χ1n) is 14.6. The summed E-state index contributed by atoms with van der Waals surface area (Å²) in [5.41, 5.74) is 13.1. The molecular formula is C40H35NO. The van der Waals surface area contributed by atoms with Gasteiger partial charge in [-0.25, -0.2) is 0 Å². The van der Waals surface area contributed by atoms with Crippen molar-refractivity contribution < 1.29 is 4.42 Å². The van der Waals surface area contributed by atoms with Gasteiger partial charge in [-0.2, -0.15) is 0 Å². The SMILES string of the molecule is CCc1ccccc1-c1ccccc1C.Cc1ccc(Nc2ccc(-c3cccc4c3oc3ccccc34)cc2)cc1. The standard InChI is InChI=1S/C25H19NO.C15H16/c1-17-9-13-19(14-10-17)26-20-15-11-18(12-16-20)21-6-4-7-23-22-5-2-3-8-24(22)27-25(21)23;1-3-13-9-5-7-11-15(13)14-10-6-4-8-12(14)2/h2-16,26H,1H3;4-11H,3H2,1-2H3. The second-order valence-corrected chi connectivity index (χ2v) is 10.7. The van der Waals surface area contributed by atoms with Crippen molar-refractivity contribution in [2.75, 3.05) is 5.32 Å². The highest BCUT2D eigenvalue weighted by atomic mass is 16.3. The molecule has 1 heterocycles. The number of fused-ring (bicyclic) bond motifs is 3. The lowest BCUT2D eigenvalue weighted by Gasteiger charge is -2.10. The van der Waals surface area contributed by atoms with Crippen LogP contribution in [0.15, 0.2) is 144 Å². The number of anilines is 2. The Labute approximate surface area is 248 Å². The second-order valence-electron chi connectivity index (χ2n) is 10.7. The number of benzene rings is 6. The number of hydrogen-bond donors (Lipinski definition) is 1. The van der Waals surface area contributed by atoms with E-state index in [-0.39, 0.29) is 0 Å². The Morgan fingerprint density at radius 3 is 1.86 bits per heavy atom. The number of aryl methyl sites for hydroxylation is 3. The van der Waals surface area contributed by atoms with Gasteiger partial charge in [0.05, 0.1) is 0 Å². The van der Waals surface area contributed by atoms with Gasteiger partial charge in [-0.05, 0) is 78.4 Å². The second kappa shape index (κ2) is 12.2. The normalized spacial score (nSPS) is 10.8. The molecule has 2 nitrogen and oxygen atoms in total. The molecule has 0 fully saturated rings. The largest absolute Gasteiger partial charge is 0.455 e. The third-order valence-corrected chi connectivity index (χ3v) is 7.77. The number of hydrogen-bond acceptors (Lipinski definition) is 2. The minimum Gasteiger partial charge on any atom is -0.455 e. The molecule has 2 heteroatoms. The van der Waals surface area contributed by atoms with Crippen molar-refractivity contribution in [1.29, 1.82) is 0 Å². The van der Waals surface area contributed by atoms with E-state index < -0.39 is 0 Å². The minimum atomic E-state index is 0.928. The van der Waals surface area contributed by atoms with E-state index in [4.69, 9.17) is 4.42 Å². The van der Waals surface area contributed by atoms with Crippen LogP contribution in [0, 0.1) is 13.8 Å². The van der Waals surface area contributed by atoms with E-state index in [9.17, 15) is 0 Å². The average molecular weight is 546 g/mol. The van der Waals surface area contributed by atoms with Crippen LogP contribution in [0.25, 0.3) is 44.2 Å². The molecule has 7 aromatic rings. The lowest BCUT2D eigenvalue weighted by molar-refractivity contribution is 0.670. The summed E-state index contributed by atoms with van der Waals surface area (Å²) < 4.78 is 6.16. The van der Waals surface area contributed by atoms with E-state index >= 15 is 0 Å². The first-order chi connectivity index (χ1) is 20.6. The molecule has 206 valence electrons. The van der Waals surface area contributed by atoms with Gasteiger partial charge >= 0.3 is 0 Å². The van der Waals surface area contributed by atoms with E-state index in [1.54, 1.807) is 0 Å². The summed E-state index contributed by atoms with van der Waals surface area (Å²) in [7, 11) is 0. The maximum Gasteiger partial charge on any atom is 0.143 e. The zero-order chi connectivity index (χ0) is 28.9. The van der Waals surface area contributed by atoms with E-state index in [2.05, 4.69) is 153 Å². The molecule has 7 rings (SSSR count). The highest BCUT2D eigenvalue weighted by molar-refractivity contribution is 6.09. The lowest BCUT2D eigenvalue weighted by Crippen LogP contribution is -1.90. The van der Waals surface area contributed by atoms with Gasteiger partial charge in [0.1, 0.15) is 11.2 Å². The monoisotopic (exact) mass is 545 g/mol. The molecule has 0 radical (unpaired) electrons. The topological polar surface area (TPSA) is 25.2 Å². The van der Waals surface area contributed by atoms with E-state index in [1.807, 2.05) is 12.1 Å². The Morgan fingerprint density at radius 2 is 1.12 bits per heavy atom. The van der Waals surface area contributed by atoms with Crippen LogP contribution in [0.5, 0.6) is 0 Å². The minimum absolute atomic E-state index is 0.928. The van der Waals surface area contributed by atoms with Crippen LogP contribution >= 0.6 is 0 Å². The van der Waals surface area contributed by atoms with Crippen LogP contribution in [0.1, 0.15) is 23.6 Å². The van der Waals surface area contributed by atoms with Gasteiger partial charge in [0, 0.05) is 27.7 Å². The van der Waals surface area contributed by atoms with E-state index in [1.165, 1.54) is 27.8 Å². The van der Waals surface area contributed by atoms with Crippen molar-refractivity contribution in [1.82, 2.24) is 0 Å². The summed E-state index contributed by atoms with van der Waals surface area (Å²) in [6.07, 6.45) is 1.09. The quantitative estimate of drug-likeness (QED) is 0.233. The fraction of sp³-hybridized carbons (Fsp3) is 0.100. The van der Waals surface area contributed by atoms with E-state index in [0.717, 1.165) is 50.9 Å². The predicted octanol–water partition coefficient (Wildman–Crippen LogP) is 11.5. The van der Waals surface area contributed by atoms with E-state index in [0.29, 0.717) is 0 Å². The third-order valence-electron chi connectivity index (χ3n) is 7.77. The molecule has 42 heavy (non-hydrogen) atoms. The molecule has 0 bridgehead atoms. The van der Waals surface area contributed by atoms with Gasteiger partial charge in [0.15, 0.2) is 0 Å². The molecule has 0 aliphatic rings. The van der Waals surface area contributed by atoms with Crippen LogP contribution in [0.2, 0.25) is 0 Å². The number of para-hydroxylation sites is 2. The van der Waals surface area contributed by atoms with Crippen LogP contribution in [-0.4, -0.2) is 0 Å². The van der Waals surface area contributed by atoms with Crippen LogP contribution in [0.4, 0.5) is 11.4 Å². The van der Waals surface area contributed by atoms with Crippen molar-refractivity contribution in [3.63, 3.8) is 0 Å². The molecule has 0 saturated heterocycles. The fourth-order valence-corrected chi connectivity index (χ4v) is 5.48. The fourth-order valence-electron chi connectivity index (χ4n) is 5.48. The number of nitrogens with one attached hydrogen (secondary N) is 1. The molecule has 0 unspecified atom stereocenters. The highest BCUT2D eigenvalue weighted by Crippen LogP contribution is 2.36. The zero-order valence-corrected chi connectivity index (χ0v) is 24.4. The Kier molecular flexibility index (Phi) is 7.87. The molecule has 0 saturated carbocycles. The van der Waals surface area contributed by atoms with Crippen molar-refractivity contribution >= 4 is 33.3 Å². The molecule has 0 aliphatic heterocycles. The molecule has 0 aliphatic carbocycles. The van der Waals surface area contributed by atoms with Crippen LogP contribution in [-0.2, 0) is 6.42 Å². The lowest BCUT2D eigenvalue weighted by atomic mass is 9.95. The summed E-state index contributed by atoms with van der Waals surface area (Å²) >= 11 is 0. The molecule has 6 aromatic carbocycles. The summed E-state index contributed by atoms with van der Waals surface area (Å²) in [4.78, 5) is 0. The maximum absolute atomic E-state index is 6.16. The Bertz CT molecular complexity index is 1950. The highest BCUT2D eigenvalue weighted by Gasteiger charge is 2.11. The van der Waals surface area contributed by atoms with Gasteiger partial charge < -0.3 is 9.73 Å². The summed E-state index contributed by atoms with van der Waals surface area (Å²) in [5, 5.41) is 5.76. The molecule has 1 aromatic heterocycles. The summed E-state index contributed by atoms with van der Waals surface area (Å²) in [6, 6.07) is 48.6. The zero-order valence-electron chi connectivity index (χ0n) is 24.4. The number of furan rings is 1. The Hall–Kier alpha value is -5.08. The smallest absolute Gasteiger partial charge is 0.143 e. The van der Waals surface area contributed by atoms with Crippen molar-refractivity contribution in [3.05, 3.63) is 156 Å². The van der Waals surface area contributed by atoms with Crippen molar-refractivity contribution in [2.24, 2.45) is 0 Å². The third kappa shape index (κ3) is 5.70. The van der Waals surface area contributed by atoms with Gasteiger partial charge in [0.25, 0.3) is 0 Å². The molecule has 0 amide bonds. The van der Waals surface area contributed by atoms with Crippen LogP contribution in [0.3, 0.4) is 0 Å². The van der Waals surface area contributed by atoms with Crippen molar-refractivity contribution in [2.45, 2.75) is 27.2 Å². The van der Waals surface area contributed by atoms with Gasteiger partial charge in [-0.15, -0.1) is 0 Å². The first-order valence-corrected chi connectivity index (χ1v) is 14.6. The first kappa shape index (κ1) is 27.1. The molecule has 0 atom stereocenters. The summed E-state index contributed by atoms with van der Waals surface area (Å²) in [6.45, 7) is 6.47. The predicted molar refractivity (Wildman–Crippen MR) is 180 cm³/mol. The maximum atomic E-state index is 6.16.